The first-order valence-corrected chi connectivity index (χ1v) is 2.41. The Kier molecular flexibility index (Phi) is 3.01. The predicted molar refractivity (Wildman–Crippen MR) is 22.8 cm³/mol. The minimum absolute atomic E-state index is 2.70. The third kappa shape index (κ3) is 3.15. The van der Waals surface area contributed by atoms with E-state index in [1.807, 2.05) is 0 Å². The molecule has 0 saturated heterocycles. The first-order chi connectivity index (χ1) is 4.69. The van der Waals surface area contributed by atoms with Gasteiger partial charge in [-0.1, -0.05) is 0 Å². The Morgan fingerprint density at radius 3 is 1.18 bits per heavy atom. The highest BCUT2D eigenvalue weighted by molar-refractivity contribution is 6.07. The molecule has 1 nitrogen and oxygen atoms in total. The third-order valence-corrected chi connectivity index (χ3v) is 0.862. The van der Waals surface area contributed by atoms with E-state index in [1.165, 1.54) is 0 Å². The number of rotatable bonds is 1. The Morgan fingerprint density at radius 2 is 1.18 bits per heavy atom. The highest BCUT2D eigenvalue weighted by Gasteiger charge is 2.58. The van der Waals surface area contributed by atoms with Crippen LogP contribution in [0.25, 0.3) is 0 Å². The summed E-state index contributed by atoms with van der Waals surface area (Å²) in [4.78, 5) is 0. The summed E-state index contributed by atoms with van der Waals surface area (Å²) in [5.74, 6) is 0. The van der Waals surface area contributed by atoms with Gasteiger partial charge in [-0.25, -0.2) is 0 Å². The van der Waals surface area contributed by atoms with E-state index in [0.717, 1.165) is 0 Å². The molecule has 0 aliphatic heterocycles. The van der Waals surface area contributed by atoms with Crippen LogP contribution in [0.1, 0.15) is 0 Å². The van der Waals surface area contributed by atoms with Crippen LogP contribution in [-0.4, -0.2) is 18.5 Å². The molecule has 11 heavy (non-hydrogen) atoms. The molecule has 0 rings (SSSR count). The molecule has 0 aliphatic carbocycles. The molecular formula is C3HClF6O. The molecule has 0 aromatic carbocycles. The van der Waals surface area contributed by atoms with Crippen LogP contribution in [0.2, 0.25) is 0 Å². The Hall–Kier alpha value is -0.170. The normalized spacial score (nSPS) is 14.2. The number of hydrogen-bond acceptors (Lipinski definition) is 1. The summed E-state index contributed by atoms with van der Waals surface area (Å²) >= 11 is 4.00. The van der Waals surface area contributed by atoms with Crippen LogP contribution >= 0.6 is 11.9 Å². The highest BCUT2D eigenvalue weighted by Crippen LogP contribution is 2.36. The van der Waals surface area contributed by atoms with Gasteiger partial charge >= 0.3 is 12.4 Å². The van der Waals surface area contributed by atoms with Crippen LogP contribution in [0.15, 0.2) is 0 Å². The van der Waals surface area contributed by atoms with Crippen molar-refractivity contribution in [1.29, 1.82) is 0 Å². The van der Waals surface area contributed by atoms with Gasteiger partial charge in [0.05, 0.1) is 11.9 Å². The Bertz CT molecular complexity index is 113. The molecule has 0 spiro atoms. The molecule has 0 bridgehead atoms. The van der Waals surface area contributed by atoms with Crippen LogP contribution in [-0.2, 0) is 4.29 Å². The zero-order chi connectivity index (χ0) is 9.28. The largest absolute Gasteiger partial charge is 0.425 e. The molecule has 0 radical (unpaired) electrons. The molecule has 0 atom stereocenters. The van der Waals surface area contributed by atoms with Crippen LogP contribution in [0.3, 0.4) is 0 Å². The first-order valence-electron chi connectivity index (χ1n) is 2.10. The molecule has 0 unspecified atom stereocenters. The van der Waals surface area contributed by atoms with E-state index in [4.69, 9.17) is 0 Å². The Labute approximate surface area is 62.1 Å². The van der Waals surface area contributed by atoms with Crippen molar-refractivity contribution in [2.75, 3.05) is 0 Å². The zero-order valence-electron chi connectivity index (χ0n) is 4.63. The Morgan fingerprint density at radius 1 is 0.909 bits per heavy atom. The van der Waals surface area contributed by atoms with Crippen molar-refractivity contribution in [1.82, 2.24) is 0 Å². The van der Waals surface area contributed by atoms with Crippen LogP contribution in [0, 0.1) is 0 Å². The van der Waals surface area contributed by atoms with Crippen molar-refractivity contribution >= 4 is 11.9 Å². The zero-order valence-corrected chi connectivity index (χ0v) is 5.39. The topological polar surface area (TPSA) is 9.23 Å². The second kappa shape index (κ2) is 3.06. The van der Waals surface area contributed by atoms with E-state index >= 15 is 0 Å². The summed E-state index contributed by atoms with van der Waals surface area (Å²) in [6.45, 7) is 0. The average molecular weight is 202 g/mol. The molecule has 0 fully saturated rings. The predicted octanol–water partition coefficient (Wildman–Crippen LogP) is 2.65. The van der Waals surface area contributed by atoms with Gasteiger partial charge in [0.1, 0.15) is 0 Å². The van der Waals surface area contributed by atoms with E-state index < -0.39 is 18.5 Å². The van der Waals surface area contributed by atoms with E-state index in [-0.39, 0.29) is 0 Å². The summed E-state index contributed by atoms with van der Waals surface area (Å²) in [6.07, 6.45) is -15.0. The molecule has 0 aromatic heterocycles. The van der Waals surface area contributed by atoms with E-state index in [1.54, 1.807) is 0 Å². The second-order valence-corrected chi connectivity index (χ2v) is 1.73. The van der Waals surface area contributed by atoms with E-state index in [0.29, 0.717) is 0 Å². The summed E-state index contributed by atoms with van der Waals surface area (Å²) in [6, 6.07) is 0. The van der Waals surface area contributed by atoms with Crippen molar-refractivity contribution in [3.8, 4) is 0 Å². The molecule has 8 heteroatoms. The minimum atomic E-state index is -5.53. The molecule has 0 heterocycles. The number of alkyl halides is 6. The molecule has 0 saturated carbocycles. The van der Waals surface area contributed by atoms with Gasteiger partial charge in [-0.2, -0.15) is 26.3 Å². The molecule has 68 valence electrons. The third-order valence-electron chi connectivity index (χ3n) is 0.684. The highest BCUT2D eigenvalue weighted by atomic mass is 35.5. The monoisotopic (exact) mass is 202 g/mol. The first kappa shape index (κ1) is 10.8. The van der Waals surface area contributed by atoms with E-state index in [2.05, 4.69) is 16.2 Å². The van der Waals surface area contributed by atoms with Crippen LogP contribution in [0.5, 0.6) is 0 Å². The van der Waals surface area contributed by atoms with E-state index in [9.17, 15) is 26.3 Å². The Balaban J connectivity index is 4.43. The van der Waals surface area contributed by atoms with Gasteiger partial charge in [0.15, 0.2) is 0 Å². The van der Waals surface area contributed by atoms with Crippen molar-refractivity contribution in [3.63, 3.8) is 0 Å². The maximum atomic E-state index is 11.3. The van der Waals surface area contributed by atoms with Gasteiger partial charge in [-0.15, -0.1) is 0 Å². The average Bonchev–Trinajstić information content (AvgIpc) is 1.56. The summed E-state index contributed by atoms with van der Waals surface area (Å²) in [5, 5.41) is 0. The molecule has 0 amide bonds. The fourth-order valence-corrected chi connectivity index (χ4v) is 0.489. The smallest absolute Gasteiger partial charge is 0.256 e. The van der Waals surface area contributed by atoms with Gasteiger partial charge < -0.3 is 0 Å². The maximum absolute atomic E-state index is 11.3. The fourth-order valence-electron chi connectivity index (χ4n) is 0.287. The molecule has 0 aliphatic rings. The minimum Gasteiger partial charge on any atom is -0.256 e. The van der Waals surface area contributed by atoms with Crippen molar-refractivity contribution in [2.45, 2.75) is 18.5 Å². The number of halogens is 7. The SMILES string of the molecule is FC(F)(F)C(OCl)C(F)(F)F. The van der Waals surface area contributed by atoms with Gasteiger partial charge in [-0.05, 0) is 0 Å². The van der Waals surface area contributed by atoms with Gasteiger partial charge in [0, 0.05) is 0 Å². The summed E-state index contributed by atoms with van der Waals surface area (Å²) < 4.78 is 70.4. The quantitative estimate of drug-likeness (QED) is 0.594. The van der Waals surface area contributed by atoms with Gasteiger partial charge in [0.2, 0.25) is 0 Å². The summed E-state index contributed by atoms with van der Waals surface area (Å²) in [5.41, 5.74) is 0. The lowest BCUT2D eigenvalue weighted by Gasteiger charge is -2.18. The second-order valence-electron chi connectivity index (χ2n) is 1.55. The maximum Gasteiger partial charge on any atom is 0.425 e. The lowest BCUT2D eigenvalue weighted by Crippen LogP contribution is -2.42. The standard InChI is InChI=1S/C3HClF6O/c4-11-1(2(5,6)7)3(8,9)10/h1H. The molecule has 0 aromatic rings. The van der Waals surface area contributed by atoms with Crippen molar-refractivity contribution in [3.05, 3.63) is 0 Å². The van der Waals surface area contributed by atoms with Crippen molar-refractivity contribution in [2.24, 2.45) is 0 Å². The lowest BCUT2D eigenvalue weighted by molar-refractivity contribution is -0.299. The lowest BCUT2D eigenvalue weighted by atomic mass is 10.3. The van der Waals surface area contributed by atoms with Gasteiger partial charge in [-0.3, -0.25) is 4.29 Å². The van der Waals surface area contributed by atoms with Crippen LogP contribution < -0.4 is 0 Å². The van der Waals surface area contributed by atoms with Gasteiger partial charge in [0.25, 0.3) is 6.10 Å². The molecule has 0 N–H and O–H groups in total. The fraction of sp³-hybridized carbons (Fsp3) is 1.00. The van der Waals surface area contributed by atoms with Crippen LogP contribution in [0.4, 0.5) is 26.3 Å². The number of hydrogen-bond donors (Lipinski definition) is 0. The van der Waals surface area contributed by atoms with Crippen molar-refractivity contribution < 1.29 is 30.6 Å². The molecular weight excluding hydrogens is 201 g/mol. The summed E-state index contributed by atoms with van der Waals surface area (Å²) in [7, 11) is 0.